The molecule has 0 N–H and O–H groups in total. The summed E-state index contributed by atoms with van der Waals surface area (Å²) < 4.78 is 13.5. The molecular formula is C45H39N5O. The Kier molecular flexibility index (Phi) is 7.28. The first-order valence-corrected chi connectivity index (χ1v) is 17.7. The SMILES string of the molecule is Cc1ccnc(-n2c3ccccc3c3ccc(Oc4ccc5c6ccccc6n(-c6nccn6-c6c(C(C)C)cccc6C(C)C)c5c4)cc32)c1. The first-order valence-electron chi connectivity index (χ1n) is 17.7. The van der Waals surface area contributed by atoms with Gasteiger partial charge in [-0.1, -0.05) is 82.3 Å². The number of pyridine rings is 1. The molecule has 0 bridgehead atoms. The van der Waals surface area contributed by atoms with Crippen molar-refractivity contribution >= 4 is 43.6 Å². The van der Waals surface area contributed by atoms with Crippen molar-refractivity contribution < 1.29 is 4.74 Å². The molecule has 4 heterocycles. The molecule has 0 aliphatic heterocycles. The van der Waals surface area contributed by atoms with E-state index in [4.69, 9.17) is 14.7 Å². The van der Waals surface area contributed by atoms with Gasteiger partial charge in [0.15, 0.2) is 0 Å². The van der Waals surface area contributed by atoms with Crippen LogP contribution in [0.4, 0.5) is 0 Å². The molecule has 0 atom stereocenters. The Morgan fingerprint density at radius 2 is 1.10 bits per heavy atom. The highest BCUT2D eigenvalue weighted by Gasteiger charge is 2.22. The number of para-hydroxylation sites is 3. The van der Waals surface area contributed by atoms with Crippen LogP contribution >= 0.6 is 0 Å². The zero-order valence-electron chi connectivity index (χ0n) is 29.5. The summed E-state index contributed by atoms with van der Waals surface area (Å²) in [5.74, 6) is 3.96. The highest BCUT2D eigenvalue weighted by Crippen LogP contribution is 2.39. The van der Waals surface area contributed by atoms with E-state index in [1.54, 1.807) is 0 Å². The maximum atomic E-state index is 6.72. The Balaban J connectivity index is 1.21. The summed E-state index contributed by atoms with van der Waals surface area (Å²) in [6.45, 7) is 11.1. The van der Waals surface area contributed by atoms with E-state index < -0.39 is 0 Å². The van der Waals surface area contributed by atoms with E-state index in [0.717, 1.165) is 61.7 Å². The van der Waals surface area contributed by atoms with Gasteiger partial charge in [0.2, 0.25) is 5.95 Å². The second-order valence-electron chi connectivity index (χ2n) is 14.0. The number of rotatable bonds is 7. The summed E-state index contributed by atoms with van der Waals surface area (Å²) in [4.78, 5) is 9.78. The summed E-state index contributed by atoms with van der Waals surface area (Å²) in [6.07, 6.45) is 5.88. The minimum atomic E-state index is 0.352. The highest BCUT2D eigenvalue weighted by molar-refractivity contribution is 6.10. The molecule has 250 valence electrons. The minimum absolute atomic E-state index is 0.352. The maximum Gasteiger partial charge on any atom is 0.219 e. The van der Waals surface area contributed by atoms with Gasteiger partial charge in [-0.25, -0.2) is 9.97 Å². The number of benzene rings is 5. The van der Waals surface area contributed by atoms with Gasteiger partial charge in [-0.15, -0.1) is 0 Å². The van der Waals surface area contributed by atoms with Crippen LogP contribution in [0.15, 0.2) is 134 Å². The molecule has 5 aromatic carbocycles. The lowest BCUT2D eigenvalue weighted by Gasteiger charge is -2.22. The summed E-state index contributed by atoms with van der Waals surface area (Å²) in [6, 6.07) is 40.6. The average molecular weight is 666 g/mol. The van der Waals surface area contributed by atoms with Crippen LogP contribution in [-0.2, 0) is 0 Å². The van der Waals surface area contributed by atoms with Crippen molar-refractivity contribution in [3.8, 4) is 29.0 Å². The van der Waals surface area contributed by atoms with Crippen LogP contribution in [0.3, 0.4) is 0 Å². The number of fused-ring (bicyclic) bond motifs is 6. The van der Waals surface area contributed by atoms with E-state index in [2.05, 4.69) is 164 Å². The molecule has 9 rings (SSSR count). The van der Waals surface area contributed by atoms with Crippen molar-refractivity contribution in [1.82, 2.24) is 23.7 Å². The van der Waals surface area contributed by atoms with Gasteiger partial charge in [-0.2, -0.15) is 0 Å². The topological polar surface area (TPSA) is 49.8 Å². The van der Waals surface area contributed by atoms with Gasteiger partial charge in [0.05, 0.1) is 27.8 Å². The lowest BCUT2D eigenvalue weighted by Crippen LogP contribution is -2.11. The largest absolute Gasteiger partial charge is 0.457 e. The molecule has 6 heteroatoms. The molecule has 51 heavy (non-hydrogen) atoms. The van der Waals surface area contributed by atoms with Gasteiger partial charge < -0.3 is 4.74 Å². The molecule has 0 saturated heterocycles. The van der Waals surface area contributed by atoms with Crippen molar-refractivity contribution in [1.29, 1.82) is 0 Å². The van der Waals surface area contributed by atoms with Crippen LogP contribution in [0.2, 0.25) is 0 Å². The maximum absolute atomic E-state index is 6.72. The van der Waals surface area contributed by atoms with Crippen molar-refractivity contribution in [2.75, 3.05) is 0 Å². The van der Waals surface area contributed by atoms with Crippen molar-refractivity contribution in [3.63, 3.8) is 0 Å². The Morgan fingerprint density at radius 1 is 0.529 bits per heavy atom. The first kappa shape index (κ1) is 30.9. The molecule has 0 fully saturated rings. The normalized spacial score (nSPS) is 12.0. The van der Waals surface area contributed by atoms with Crippen molar-refractivity contribution in [2.24, 2.45) is 0 Å². The van der Waals surface area contributed by atoms with Crippen LogP contribution < -0.4 is 4.74 Å². The molecule has 0 saturated carbocycles. The summed E-state index contributed by atoms with van der Waals surface area (Å²) in [5, 5.41) is 4.66. The van der Waals surface area contributed by atoms with Crippen LogP contribution in [0.1, 0.15) is 56.2 Å². The number of hydrogen-bond acceptors (Lipinski definition) is 3. The average Bonchev–Trinajstić information content (AvgIpc) is 3.83. The lowest BCUT2D eigenvalue weighted by atomic mass is 9.92. The van der Waals surface area contributed by atoms with E-state index in [0.29, 0.717) is 11.8 Å². The quantitative estimate of drug-likeness (QED) is 0.170. The number of aromatic nitrogens is 5. The third kappa shape index (κ3) is 5.01. The minimum Gasteiger partial charge on any atom is -0.457 e. The fraction of sp³-hybridized carbons (Fsp3) is 0.156. The highest BCUT2D eigenvalue weighted by atomic mass is 16.5. The smallest absolute Gasteiger partial charge is 0.219 e. The molecule has 6 nitrogen and oxygen atoms in total. The summed E-state index contributed by atoms with van der Waals surface area (Å²) in [7, 11) is 0. The van der Waals surface area contributed by atoms with Crippen LogP contribution in [0.25, 0.3) is 61.1 Å². The summed E-state index contributed by atoms with van der Waals surface area (Å²) >= 11 is 0. The third-order valence-electron chi connectivity index (χ3n) is 10.1. The van der Waals surface area contributed by atoms with Crippen LogP contribution in [0.5, 0.6) is 11.5 Å². The second-order valence-corrected chi connectivity index (χ2v) is 14.0. The van der Waals surface area contributed by atoms with Crippen molar-refractivity contribution in [2.45, 2.75) is 46.5 Å². The van der Waals surface area contributed by atoms with E-state index in [-0.39, 0.29) is 0 Å². The number of aryl methyl sites for hydroxylation is 1. The van der Waals surface area contributed by atoms with E-state index in [1.165, 1.54) is 27.6 Å². The molecular weight excluding hydrogens is 627 g/mol. The molecule has 9 aromatic rings. The van der Waals surface area contributed by atoms with Gasteiger partial charge in [0, 0.05) is 52.3 Å². The molecule has 4 aromatic heterocycles. The van der Waals surface area contributed by atoms with Crippen LogP contribution in [-0.4, -0.2) is 23.7 Å². The number of nitrogens with zero attached hydrogens (tertiary/aromatic N) is 5. The van der Waals surface area contributed by atoms with E-state index in [1.807, 2.05) is 18.5 Å². The molecule has 0 aliphatic carbocycles. The second kappa shape index (κ2) is 12.0. The van der Waals surface area contributed by atoms with Gasteiger partial charge in [-0.05, 0) is 84.0 Å². The fourth-order valence-electron chi connectivity index (χ4n) is 7.69. The molecule has 0 unspecified atom stereocenters. The zero-order valence-corrected chi connectivity index (χ0v) is 29.5. The van der Waals surface area contributed by atoms with E-state index >= 15 is 0 Å². The first-order chi connectivity index (χ1) is 24.9. The van der Waals surface area contributed by atoms with Gasteiger partial charge in [0.1, 0.15) is 17.3 Å². The number of imidazole rings is 1. The molecule has 0 spiro atoms. The Morgan fingerprint density at radius 3 is 1.71 bits per heavy atom. The lowest BCUT2D eigenvalue weighted by molar-refractivity contribution is 0.484. The predicted molar refractivity (Wildman–Crippen MR) is 209 cm³/mol. The van der Waals surface area contributed by atoms with Crippen molar-refractivity contribution in [3.05, 3.63) is 151 Å². The Labute approximate surface area is 297 Å². The number of ether oxygens (including phenoxy) is 1. The fourth-order valence-corrected chi connectivity index (χ4v) is 7.69. The van der Waals surface area contributed by atoms with E-state index in [9.17, 15) is 0 Å². The molecule has 0 radical (unpaired) electrons. The Hall–Kier alpha value is -6.14. The Bertz CT molecular complexity index is 2730. The standard InChI is InChI=1S/C45H39N5O/c1-28(2)33-13-10-14-34(29(3)4)44(33)48-24-23-47-45(48)50-40-16-9-7-12-36(40)38-20-18-32(27-42(38)50)51-31-17-19-37-35-11-6-8-15-39(35)49(41(37)26-31)43-25-30(5)21-22-46-43/h6-29H,1-5H3. The molecule has 0 amide bonds. The zero-order chi connectivity index (χ0) is 34.8. The van der Waals surface area contributed by atoms with Gasteiger partial charge in [0.25, 0.3) is 0 Å². The van der Waals surface area contributed by atoms with Crippen LogP contribution in [0, 0.1) is 6.92 Å². The van der Waals surface area contributed by atoms with Gasteiger partial charge >= 0.3 is 0 Å². The predicted octanol–water partition coefficient (Wildman–Crippen LogP) is 11.8. The van der Waals surface area contributed by atoms with Gasteiger partial charge in [-0.3, -0.25) is 13.7 Å². The summed E-state index contributed by atoms with van der Waals surface area (Å²) in [5.41, 5.74) is 9.28. The third-order valence-corrected chi connectivity index (χ3v) is 10.1. The number of hydrogen-bond donors (Lipinski definition) is 0. The molecule has 0 aliphatic rings. The monoisotopic (exact) mass is 665 g/mol.